The lowest BCUT2D eigenvalue weighted by atomic mass is 10.0. The first-order valence-corrected chi connectivity index (χ1v) is 40.9. The maximum absolute atomic E-state index is 13.7. The Bertz CT molecular complexity index is 1850. The zero-order chi connectivity index (χ0) is 67.0. The molecule has 2 N–H and O–H groups in total. The largest absolute Gasteiger partial charge is 0.472 e. The van der Waals surface area contributed by atoms with Crippen LogP contribution in [0.4, 0.5) is 0 Å². The van der Waals surface area contributed by atoms with Gasteiger partial charge in [0.25, 0.3) is 0 Å². The Kier molecular flexibility index (Phi) is 68.8. The van der Waals surface area contributed by atoms with Gasteiger partial charge in [-0.25, -0.2) is 4.57 Å². The van der Waals surface area contributed by atoms with Crippen LogP contribution in [-0.2, 0) is 27.9 Å². The number of nitrogens with zero attached hydrogens (tertiary/aromatic N) is 1. The van der Waals surface area contributed by atoms with E-state index in [1.165, 1.54) is 231 Å². The van der Waals surface area contributed by atoms with E-state index in [4.69, 9.17) is 13.8 Å². The van der Waals surface area contributed by atoms with Gasteiger partial charge in [0.1, 0.15) is 19.3 Å². The van der Waals surface area contributed by atoms with Gasteiger partial charge in [-0.1, -0.05) is 363 Å². The molecule has 536 valence electrons. The number of esters is 1. The fourth-order valence-electron chi connectivity index (χ4n) is 11.6. The summed E-state index contributed by atoms with van der Waals surface area (Å²) in [5, 5.41) is 3.08. The topological polar surface area (TPSA) is 111 Å². The first kappa shape index (κ1) is 89.2. The van der Waals surface area contributed by atoms with Crippen LogP contribution in [0.25, 0.3) is 0 Å². The van der Waals surface area contributed by atoms with E-state index < -0.39 is 20.0 Å². The number of amides is 1. The average molecular weight is 1310 g/mol. The third-order valence-corrected chi connectivity index (χ3v) is 18.6. The Hall–Kier alpha value is -2.81. The molecule has 92 heavy (non-hydrogen) atoms. The molecule has 0 fully saturated rings. The molecule has 0 aromatic rings. The number of carbonyl (C=O) groups is 2. The van der Waals surface area contributed by atoms with Gasteiger partial charge in [0.2, 0.25) is 5.91 Å². The molecule has 0 aliphatic heterocycles. The van der Waals surface area contributed by atoms with Crippen LogP contribution in [0.15, 0.2) is 85.1 Å². The summed E-state index contributed by atoms with van der Waals surface area (Å²) in [6.45, 7) is 6.94. The van der Waals surface area contributed by atoms with Crippen LogP contribution in [0.1, 0.15) is 374 Å². The zero-order valence-corrected chi connectivity index (χ0v) is 62.4. The van der Waals surface area contributed by atoms with Gasteiger partial charge in [0.15, 0.2) is 0 Å². The van der Waals surface area contributed by atoms with E-state index in [1.54, 1.807) is 0 Å². The zero-order valence-electron chi connectivity index (χ0n) is 61.5. The van der Waals surface area contributed by atoms with Gasteiger partial charge < -0.3 is 19.4 Å². The third kappa shape index (κ3) is 71.5. The molecule has 0 spiro atoms. The summed E-state index contributed by atoms with van der Waals surface area (Å²) in [4.78, 5) is 38.0. The molecule has 0 rings (SSSR count). The van der Waals surface area contributed by atoms with Crippen molar-refractivity contribution >= 4 is 19.7 Å². The van der Waals surface area contributed by atoms with E-state index in [2.05, 4.69) is 99.0 Å². The van der Waals surface area contributed by atoms with E-state index in [1.807, 2.05) is 33.3 Å². The van der Waals surface area contributed by atoms with Crippen LogP contribution < -0.4 is 5.32 Å². The van der Waals surface area contributed by atoms with Crippen LogP contribution in [0.3, 0.4) is 0 Å². The van der Waals surface area contributed by atoms with E-state index in [0.717, 1.165) is 109 Å². The van der Waals surface area contributed by atoms with Gasteiger partial charge in [-0.3, -0.25) is 18.6 Å². The van der Waals surface area contributed by atoms with Gasteiger partial charge in [-0.15, -0.1) is 0 Å². The van der Waals surface area contributed by atoms with Crippen molar-refractivity contribution in [3.8, 4) is 0 Å². The number of phosphoric ester groups is 1. The number of quaternary nitrogens is 1. The maximum Gasteiger partial charge on any atom is 0.472 e. The van der Waals surface area contributed by atoms with Crippen molar-refractivity contribution in [2.24, 2.45) is 0 Å². The molecule has 0 bridgehead atoms. The molecule has 9 nitrogen and oxygen atoms in total. The Morgan fingerprint density at radius 3 is 1.04 bits per heavy atom. The van der Waals surface area contributed by atoms with Crippen molar-refractivity contribution in [3.63, 3.8) is 0 Å². The van der Waals surface area contributed by atoms with Crippen molar-refractivity contribution in [2.75, 3.05) is 40.9 Å². The van der Waals surface area contributed by atoms with Gasteiger partial charge in [-0.05, 0) is 83.1 Å². The Balaban J connectivity index is 4.95. The summed E-state index contributed by atoms with van der Waals surface area (Å²) in [6.07, 6.45) is 96.2. The van der Waals surface area contributed by atoms with Crippen molar-refractivity contribution in [3.05, 3.63) is 85.1 Å². The number of rotatable bonds is 72. The Morgan fingerprint density at radius 1 is 0.391 bits per heavy atom. The molecule has 0 aromatic heterocycles. The van der Waals surface area contributed by atoms with Gasteiger partial charge >= 0.3 is 13.8 Å². The van der Waals surface area contributed by atoms with E-state index in [-0.39, 0.29) is 25.1 Å². The lowest BCUT2D eigenvalue weighted by molar-refractivity contribution is -0.870. The average Bonchev–Trinajstić information content (AvgIpc) is 3.69. The SMILES string of the molecule is CC/C=C\C/C=C\C/C=C\C/C=C\C/C=C\C/C=C\CCCCCCCCCCC(=O)NC(COP(=O)(O)OCC[N+](C)(C)C)C(/C=C/CCCCCCCCCCCC)OC(=O)CCCCCCCCCCCCCCCCCCCCCCCCCCCCC. The molecule has 0 radical (unpaired) electrons. The highest BCUT2D eigenvalue weighted by atomic mass is 31.2. The number of unbranched alkanes of at least 4 members (excludes halogenated alkanes) is 44. The summed E-state index contributed by atoms with van der Waals surface area (Å²) in [7, 11) is 1.50. The molecule has 10 heteroatoms. The molecular formula is C82H152N2O7P+. The van der Waals surface area contributed by atoms with Crippen molar-refractivity contribution < 1.29 is 37.3 Å². The molecule has 3 atom stereocenters. The number of carbonyl (C=O) groups excluding carboxylic acids is 2. The second-order valence-corrected chi connectivity index (χ2v) is 29.3. The molecule has 0 heterocycles. The number of phosphoric acid groups is 1. The predicted molar refractivity (Wildman–Crippen MR) is 401 cm³/mol. The third-order valence-electron chi connectivity index (χ3n) is 17.6. The second-order valence-electron chi connectivity index (χ2n) is 27.9. The fraction of sp³-hybridized carbons (Fsp3) is 0.805. The van der Waals surface area contributed by atoms with Crippen molar-refractivity contribution in [2.45, 2.75) is 386 Å². The van der Waals surface area contributed by atoms with E-state index >= 15 is 0 Å². The molecule has 3 unspecified atom stereocenters. The highest BCUT2D eigenvalue weighted by Crippen LogP contribution is 2.43. The van der Waals surface area contributed by atoms with Crippen LogP contribution in [0.5, 0.6) is 0 Å². The second kappa shape index (κ2) is 71.0. The fourth-order valence-corrected chi connectivity index (χ4v) is 12.3. The number of nitrogens with one attached hydrogen (secondary N) is 1. The van der Waals surface area contributed by atoms with Crippen LogP contribution >= 0.6 is 7.82 Å². The molecule has 0 aromatic carbocycles. The first-order valence-electron chi connectivity index (χ1n) is 39.4. The summed E-state index contributed by atoms with van der Waals surface area (Å²) in [6, 6.07) is -0.857. The minimum Gasteiger partial charge on any atom is -0.456 e. The molecule has 0 aliphatic rings. The Labute approximate surface area is 571 Å². The maximum atomic E-state index is 13.7. The lowest BCUT2D eigenvalue weighted by Crippen LogP contribution is -2.47. The normalized spacial score (nSPS) is 13.9. The molecule has 0 aliphatic carbocycles. The lowest BCUT2D eigenvalue weighted by Gasteiger charge is -2.27. The Morgan fingerprint density at radius 2 is 0.696 bits per heavy atom. The molecule has 0 saturated carbocycles. The summed E-state index contributed by atoms with van der Waals surface area (Å²) in [5.74, 6) is -0.501. The number of ether oxygens (including phenoxy) is 1. The van der Waals surface area contributed by atoms with E-state index in [9.17, 15) is 19.0 Å². The van der Waals surface area contributed by atoms with Crippen LogP contribution in [0, 0.1) is 0 Å². The van der Waals surface area contributed by atoms with Gasteiger partial charge in [0.05, 0.1) is 33.8 Å². The van der Waals surface area contributed by atoms with Gasteiger partial charge in [-0.2, -0.15) is 0 Å². The van der Waals surface area contributed by atoms with Crippen LogP contribution in [-0.4, -0.2) is 74.3 Å². The number of hydrogen-bond donors (Lipinski definition) is 2. The highest BCUT2D eigenvalue weighted by molar-refractivity contribution is 7.47. The van der Waals surface area contributed by atoms with E-state index in [0.29, 0.717) is 23.9 Å². The van der Waals surface area contributed by atoms with Crippen LogP contribution in [0.2, 0.25) is 0 Å². The summed E-state index contributed by atoms with van der Waals surface area (Å²) < 4.78 is 30.9. The minimum absolute atomic E-state index is 0.0372. The summed E-state index contributed by atoms with van der Waals surface area (Å²) in [5.41, 5.74) is 0. The molecule has 1 amide bonds. The number of allylic oxidation sites excluding steroid dienone is 13. The number of hydrogen-bond acceptors (Lipinski definition) is 6. The standard InChI is InChI=1S/C82H151N2O7P/c1-7-10-13-16-19-22-25-28-30-32-34-36-38-40-42-44-46-48-50-52-54-56-59-62-65-68-71-74-81(85)83-79(78-90-92(87,88)89-77-76-84(4,5)6)80(73-70-67-64-61-58-27-24-21-18-15-12-9-3)91-82(86)75-72-69-66-63-60-57-55-53-51-49-47-45-43-41-39-37-35-33-31-29-26-23-20-17-14-11-8-2/h10,13,19,22,28,30,34,36,40,42,46,48,70,73,79-80H,7-9,11-12,14-18,20-21,23-27,29,31-33,35,37-39,41,43-45,47,49-69,71-72,74-78H2,1-6H3,(H-,83,85,87,88)/p+1/b13-10-,22-19-,30-28-,36-34-,42-40-,48-46-,73-70+. The number of likely N-dealkylation sites (N-methyl/N-ethyl adjacent to an activating group) is 1. The predicted octanol–water partition coefficient (Wildman–Crippen LogP) is 25.6. The minimum atomic E-state index is -4.46. The molecule has 0 saturated heterocycles. The highest BCUT2D eigenvalue weighted by Gasteiger charge is 2.30. The monoisotopic (exact) mass is 1310 g/mol. The first-order chi connectivity index (χ1) is 44.9. The van der Waals surface area contributed by atoms with Crippen molar-refractivity contribution in [1.29, 1.82) is 0 Å². The van der Waals surface area contributed by atoms with Crippen molar-refractivity contribution in [1.82, 2.24) is 5.32 Å². The molecular weight excluding hydrogens is 1160 g/mol. The van der Waals surface area contributed by atoms with Gasteiger partial charge in [0, 0.05) is 12.8 Å². The smallest absolute Gasteiger partial charge is 0.456 e. The summed E-state index contributed by atoms with van der Waals surface area (Å²) >= 11 is 0. The quantitative estimate of drug-likeness (QED) is 0.0205.